The van der Waals surface area contributed by atoms with Gasteiger partial charge < -0.3 is 15.1 Å². The zero-order chi connectivity index (χ0) is 15.5. The quantitative estimate of drug-likeness (QED) is 0.931. The van der Waals surface area contributed by atoms with Crippen molar-refractivity contribution in [1.29, 1.82) is 0 Å². The van der Waals surface area contributed by atoms with Gasteiger partial charge >= 0.3 is 0 Å². The van der Waals surface area contributed by atoms with Crippen molar-refractivity contribution in [2.24, 2.45) is 0 Å². The highest BCUT2D eigenvalue weighted by atomic mass is 15.2. The van der Waals surface area contributed by atoms with Crippen LogP contribution < -0.4 is 15.1 Å². The predicted octanol–water partition coefficient (Wildman–Crippen LogP) is 1.94. The van der Waals surface area contributed by atoms with Gasteiger partial charge in [-0.1, -0.05) is 6.07 Å². The number of anilines is 3. The van der Waals surface area contributed by atoms with E-state index in [4.69, 9.17) is 0 Å². The molecule has 1 atom stereocenters. The number of hydrogen-bond donors (Lipinski definition) is 1. The van der Waals surface area contributed by atoms with Crippen LogP contribution in [0.5, 0.6) is 0 Å². The Kier molecular flexibility index (Phi) is 4.09. The largest absolute Gasteiger partial charge is 0.365 e. The lowest BCUT2D eigenvalue weighted by Crippen LogP contribution is -2.27. The molecule has 22 heavy (non-hydrogen) atoms. The van der Waals surface area contributed by atoms with E-state index in [-0.39, 0.29) is 0 Å². The van der Waals surface area contributed by atoms with E-state index in [0.29, 0.717) is 6.04 Å². The first kappa shape index (κ1) is 14.6. The van der Waals surface area contributed by atoms with E-state index in [9.17, 15) is 0 Å². The van der Waals surface area contributed by atoms with Crippen molar-refractivity contribution in [1.82, 2.24) is 15.0 Å². The Bertz CT molecular complexity index is 642. The van der Waals surface area contributed by atoms with E-state index in [1.165, 1.54) is 0 Å². The summed E-state index contributed by atoms with van der Waals surface area (Å²) in [7, 11) is 3.96. The molecule has 0 spiro atoms. The Hall–Kier alpha value is -2.37. The summed E-state index contributed by atoms with van der Waals surface area (Å²) >= 11 is 0. The van der Waals surface area contributed by atoms with E-state index in [0.717, 1.165) is 42.7 Å². The minimum absolute atomic E-state index is 0.382. The second-order valence-corrected chi connectivity index (χ2v) is 5.87. The van der Waals surface area contributed by atoms with E-state index in [1.54, 1.807) is 6.33 Å². The fourth-order valence-electron chi connectivity index (χ4n) is 2.67. The highest BCUT2D eigenvalue weighted by Gasteiger charge is 2.23. The second-order valence-electron chi connectivity index (χ2n) is 5.87. The Morgan fingerprint density at radius 3 is 2.91 bits per heavy atom. The van der Waals surface area contributed by atoms with Crippen molar-refractivity contribution < 1.29 is 0 Å². The van der Waals surface area contributed by atoms with Crippen molar-refractivity contribution in [3.8, 4) is 0 Å². The maximum absolute atomic E-state index is 4.60. The molecule has 2 aromatic heterocycles. The van der Waals surface area contributed by atoms with Gasteiger partial charge in [0, 0.05) is 45.0 Å². The van der Waals surface area contributed by atoms with Gasteiger partial charge in [0.05, 0.1) is 0 Å². The molecule has 1 N–H and O–H groups in total. The van der Waals surface area contributed by atoms with Gasteiger partial charge in [-0.3, -0.25) is 0 Å². The highest BCUT2D eigenvalue weighted by Crippen LogP contribution is 2.21. The fourth-order valence-corrected chi connectivity index (χ4v) is 2.67. The summed E-state index contributed by atoms with van der Waals surface area (Å²) in [4.78, 5) is 17.4. The molecule has 0 saturated carbocycles. The lowest BCUT2D eigenvalue weighted by atomic mass is 10.2. The van der Waals surface area contributed by atoms with Crippen LogP contribution in [0.15, 0.2) is 30.6 Å². The fraction of sp³-hybridized carbons (Fsp3) is 0.438. The number of hydrogen-bond acceptors (Lipinski definition) is 6. The third-order valence-corrected chi connectivity index (χ3v) is 3.85. The molecule has 1 unspecified atom stereocenters. The monoisotopic (exact) mass is 298 g/mol. The molecule has 0 radical (unpaired) electrons. The Morgan fingerprint density at radius 2 is 2.14 bits per heavy atom. The van der Waals surface area contributed by atoms with Crippen LogP contribution in [0, 0.1) is 6.92 Å². The molecule has 3 heterocycles. The van der Waals surface area contributed by atoms with Gasteiger partial charge in [-0.25, -0.2) is 15.0 Å². The van der Waals surface area contributed by atoms with Crippen LogP contribution in [0.25, 0.3) is 0 Å². The minimum Gasteiger partial charge on any atom is -0.365 e. The Morgan fingerprint density at radius 1 is 1.27 bits per heavy atom. The number of pyridine rings is 1. The summed E-state index contributed by atoms with van der Waals surface area (Å²) in [6.45, 7) is 3.98. The number of nitrogens with zero attached hydrogens (tertiary/aromatic N) is 5. The number of rotatable bonds is 4. The van der Waals surface area contributed by atoms with Gasteiger partial charge in [-0.2, -0.15) is 0 Å². The number of nitrogens with one attached hydrogen (secondary N) is 1. The van der Waals surface area contributed by atoms with E-state index in [1.807, 2.05) is 38.1 Å². The van der Waals surface area contributed by atoms with Gasteiger partial charge in [-0.15, -0.1) is 0 Å². The van der Waals surface area contributed by atoms with E-state index >= 15 is 0 Å². The average Bonchev–Trinajstić information content (AvgIpc) is 2.96. The van der Waals surface area contributed by atoms with Gasteiger partial charge in [0.15, 0.2) is 0 Å². The summed E-state index contributed by atoms with van der Waals surface area (Å²) in [5.74, 6) is 2.84. The van der Waals surface area contributed by atoms with Crippen molar-refractivity contribution in [2.45, 2.75) is 19.4 Å². The second kappa shape index (κ2) is 6.17. The highest BCUT2D eigenvalue weighted by molar-refractivity contribution is 5.49. The lowest BCUT2D eigenvalue weighted by Gasteiger charge is -2.19. The smallest absolute Gasteiger partial charge is 0.133 e. The molecule has 3 rings (SSSR count). The van der Waals surface area contributed by atoms with Crippen LogP contribution in [-0.4, -0.2) is 48.2 Å². The molecule has 6 nitrogen and oxygen atoms in total. The zero-order valence-electron chi connectivity index (χ0n) is 13.3. The molecular formula is C16H22N6. The van der Waals surface area contributed by atoms with Gasteiger partial charge in [0.1, 0.15) is 23.8 Å². The molecular weight excluding hydrogens is 276 g/mol. The maximum Gasteiger partial charge on any atom is 0.133 e. The molecule has 0 aliphatic carbocycles. The predicted molar refractivity (Wildman–Crippen MR) is 89.6 cm³/mol. The summed E-state index contributed by atoms with van der Waals surface area (Å²) < 4.78 is 0. The SMILES string of the molecule is Cc1cccc(N2CCC(Nc3cc(N(C)C)ncn3)C2)n1. The Balaban J connectivity index is 1.65. The average molecular weight is 298 g/mol. The maximum atomic E-state index is 4.60. The van der Waals surface area contributed by atoms with Gasteiger partial charge in [0.25, 0.3) is 0 Å². The first-order valence-electron chi connectivity index (χ1n) is 7.56. The number of aryl methyl sites for hydroxylation is 1. The zero-order valence-corrected chi connectivity index (χ0v) is 13.3. The summed E-state index contributed by atoms with van der Waals surface area (Å²) in [5, 5.41) is 3.50. The normalized spacial score (nSPS) is 17.6. The number of aromatic nitrogens is 3. The molecule has 116 valence electrons. The Labute approximate surface area is 131 Å². The van der Waals surface area contributed by atoms with Gasteiger partial charge in [-0.05, 0) is 25.5 Å². The summed E-state index contributed by atoms with van der Waals surface area (Å²) in [6.07, 6.45) is 2.68. The molecule has 0 aromatic carbocycles. The third-order valence-electron chi connectivity index (χ3n) is 3.85. The minimum atomic E-state index is 0.382. The molecule has 1 aliphatic rings. The molecule has 1 fully saturated rings. The van der Waals surface area contributed by atoms with Crippen LogP contribution in [-0.2, 0) is 0 Å². The summed E-state index contributed by atoms with van der Waals surface area (Å²) in [6, 6.07) is 8.52. The molecule has 0 bridgehead atoms. The molecule has 1 aliphatic heterocycles. The van der Waals surface area contributed by atoms with Crippen molar-refractivity contribution in [3.63, 3.8) is 0 Å². The van der Waals surface area contributed by atoms with Crippen LogP contribution >= 0.6 is 0 Å². The van der Waals surface area contributed by atoms with Crippen molar-refractivity contribution >= 4 is 17.5 Å². The molecule has 2 aromatic rings. The van der Waals surface area contributed by atoms with Gasteiger partial charge in [0.2, 0.25) is 0 Å². The molecule has 0 amide bonds. The lowest BCUT2D eigenvalue weighted by molar-refractivity contribution is 0.798. The van der Waals surface area contributed by atoms with Crippen molar-refractivity contribution in [3.05, 3.63) is 36.3 Å². The first-order valence-corrected chi connectivity index (χ1v) is 7.56. The van der Waals surface area contributed by atoms with Crippen molar-refractivity contribution in [2.75, 3.05) is 42.3 Å². The van der Waals surface area contributed by atoms with E-state index < -0.39 is 0 Å². The first-order chi connectivity index (χ1) is 10.6. The standard InChI is InChI=1S/C16H22N6/c1-12-5-4-6-15(19-12)22-8-7-13(10-22)20-14-9-16(21(2)3)18-11-17-14/h4-6,9,11,13H,7-8,10H2,1-3H3,(H,17,18,20). The summed E-state index contributed by atoms with van der Waals surface area (Å²) in [5.41, 5.74) is 1.06. The van der Waals surface area contributed by atoms with E-state index in [2.05, 4.69) is 37.3 Å². The molecule has 6 heteroatoms. The van der Waals surface area contributed by atoms with Crippen LogP contribution in [0.4, 0.5) is 17.5 Å². The van der Waals surface area contributed by atoms with Crippen LogP contribution in [0.1, 0.15) is 12.1 Å². The molecule has 1 saturated heterocycles. The third kappa shape index (κ3) is 3.27. The van der Waals surface area contributed by atoms with Crippen LogP contribution in [0.2, 0.25) is 0 Å². The topological polar surface area (TPSA) is 57.2 Å². The van der Waals surface area contributed by atoms with Crippen LogP contribution in [0.3, 0.4) is 0 Å².